The summed E-state index contributed by atoms with van der Waals surface area (Å²) in [6.07, 6.45) is -1.23. The number of carbonyl (C=O) groups is 1. The Hall–Kier alpha value is -0.820. The van der Waals surface area contributed by atoms with Crippen LogP contribution < -0.4 is 10.6 Å². The molecule has 4 nitrogen and oxygen atoms in total. The van der Waals surface area contributed by atoms with Crippen molar-refractivity contribution in [3.63, 3.8) is 0 Å². The van der Waals surface area contributed by atoms with Crippen LogP contribution in [0.4, 0.5) is 13.2 Å². The maximum atomic E-state index is 11.8. The topological polar surface area (TPSA) is 61.4 Å². The third kappa shape index (κ3) is 6.80. The molecule has 3 N–H and O–H groups in total. The second-order valence-electron chi connectivity index (χ2n) is 4.71. The number of rotatable bonds is 5. The molecule has 1 fully saturated rings. The minimum Gasteiger partial charge on any atom is -0.393 e. The largest absolute Gasteiger partial charge is 0.405 e. The first-order valence-corrected chi connectivity index (χ1v) is 6.09. The monoisotopic (exact) mass is 268 g/mol. The molecule has 106 valence electrons. The van der Waals surface area contributed by atoms with Crippen molar-refractivity contribution in [3.8, 4) is 0 Å². The van der Waals surface area contributed by atoms with Gasteiger partial charge >= 0.3 is 6.18 Å². The minimum absolute atomic E-state index is 0.122. The predicted molar refractivity (Wildman–Crippen MR) is 59.9 cm³/mol. The van der Waals surface area contributed by atoms with Crippen LogP contribution in [0.2, 0.25) is 0 Å². The summed E-state index contributed by atoms with van der Waals surface area (Å²) in [5, 5.41) is 14.0. The zero-order valence-electron chi connectivity index (χ0n) is 10.1. The average Bonchev–Trinajstić information content (AvgIpc) is 2.25. The third-order valence-corrected chi connectivity index (χ3v) is 2.96. The fraction of sp³-hybridized carbons (Fsp3) is 0.909. The highest BCUT2D eigenvalue weighted by Crippen LogP contribution is 2.23. The van der Waals surface area contributed by atoms with Crippen molar-refractivity contribution in [2.45, 2.75) is 38.0 Å². The van der Waals surface area contributed by atoms with Crippen molar-refractivity contribution < 1.29 is 23.1 Å². The maximum absolute atomic E-state index is 11.8. The molecule has 0 heterocycles. The van der Waals surface area contributed by atoms with Crippen LogP contribution in [-0.4, -0.2) is 42.9 Å². The van der Waals surface area contributed by atoms with Gasteiger partial charge in [0.1, 0.15) is 6.54 Å². The van der Waals surface area contributed by atoms with E-state index in [9.17, 15) is 23.1 Å². The molecule has 0 radical (unpaired) electrons. The molecule has 0 saturated heterocycles. The molecule has 1 rings (SSSR count). The van der Waals surface area contributed by atoms with Gasteiger partial charge in [-0.3, -0.25) is 4.79 Å². The van der Waals surface area contributed by atoms with Gasteiger partial charge < -0.3 is 15.7 Å². The molecule has 2 atom stereocenters. The van der Waals surface area contributed by atoms with Crippen molar-refractivity contribution in [1.82, 2.24) is 10.6 Å². The molecular formula is C11H19F3N2O2. The maximum Gasteiger partial charge on any atom is 0.405 e. The van der Waals surface area contributed by atoms with Crippen molar-refractivity contribution >= 4 is 5.91 Å². The summed E-state index contributed by atoms with van der Waals surface area (Å²) in [6.45, 7) is -0.866. The molecule has 0 aromatic heterocycles. The zero-order chi connectivity index (χ0) is 13.6. The second-order valence-corrected chi connectivity index (χ2v) is 4.71. The number of alkyl halides is 3. The van der Waals surface area contributed by atoms with E-state index >= 15 is 0 Å². The molecule has 0 aromatic rings. The summed E-state index contributed by atoms with van der Waals surface area (Å²) < 4.78 is 35.4. The van der Waals surface area contributed by atoms with E-state index in [0.717, 1.165) is 19.3 Å². The summed E-state index contributed by atoms with van der Waals surface area (Å²) in [6, 6.07) is 0. The Balaban J connectivity index is 2.08. The normalized spacial score (nSPS) is 24.9. The number of halogens is 3. The minimum atomic E-state index is -4.37. The van der Waals surface area contributed by atoms with E-state index < -0.39 is 18.6 Å². The SMILES string of the molecule is O=C(CNCC1CCCC(O)C1)NCC(F)(F)F. The Morgan fingerprint density at radius 3 is 2.67 bits per heavy atom. The lowest BCUT2D eigenvalue weighted by molar-refractivity contribution is -0.137. The van der Waals surface area contributed by atoms with Gasteiger partial charge in [0.05, 0.1) is 12.6 Å². The van der Waals surface area contributed by atoms with Crippen LogP contribution in [0.5, 0.6) is 0 Å². The Bertz CT molecular complexity index is 272. The first-order valence-electron chi connectivity index (χ1n) is 6.09. The summed E-state index contributed by atoms with van der Waals surface area (Å²) >= 11 is 0. The molecule has 18 heavy (non-hydrogen) atoms. The van der Waals surface area contributed by atoms with E-state index in [1.807, 2.05) is 0 Å². The lowest BCUT2D eigenvalue weighted by Gasteiger charge is -2.25. The molecule has 1 saturated carbocycles. The highest BCUT2D eigenvalue weighted by molar-refractivity contribution is 5.77. The smallest absolute Gasteiger partial charge is 0.393 e. The van der Waals surface area contributed by atoms with Gasteiger partial charge in [0.2, 0.25) is 5.91 Å². The van der Waals surface area contributed by atoms with Crippen molar-refractivity contribution in [3.05, 3.63) is 0 Å². The zero-order valence-corrected chi connectivity index (χ0v) is 10.1. The molecular weight excluding hydrogens is 249 g/mol. The Labute approximate surface area is 104 Å². The van der Waals surface area contributed by atoms with Crippen LogP contribution in [0, 0.1) is 5.92 Å². The van der Waals surface area contributed by atoms with E-state index in [2.05, 4.69) is 5.32 Å². The van der Waals surface area contributed by atoms with Crippen LogP contribution in [0.25, 0.3) is 0 Å². The van der Waals surface area contributed by atoms with E-state index in [-0.39, 0.29) is 12.6 Å². The fourth-order valence-electron chi connectivity index (χ4n) is 2.10. The fourth-order valence-corrected chi connectivity index (χ4v) is 2.10. The summed E-state index contributed by atoms with van der Waals surface area (Å²) in [4.78, 5) is 11.1. The number of nitrogens with one attached hydrogen (secondary N) is 2. The van der Waals surface area contributed by atoms with Crippen molar-refractivity contribution in [2.24, 2.45) is 5.92 Å². The summed E-state index contributed by atoms with van der Waals surface area (Å²) in [7, 11) is 0. The molecule has 7 heteroatoms. The Morgan fingerprint density at radius 1 is 1.33 bits per heavy atom. The molecule has 0 bridgehead atoms. The highest BCUT2D eigenvalue weighted by atomic mass is 19.4. The van der Waals surface area contributed by atoms with Gasteiger partial charge in [0.25, 0.3) is 0 Å². The van der Waals surface area contributed by atoms with Gasteiger partial charge in [-0.2, -0.15) is 13.2 Å². The second kappa shape index (κ2) is 6.94. The van der Waals surface area contributed by atoms with Gasteiger partial charge in [-0.15, -0.1) is 0 Å². The van der Waals surface area contributed by atoms with E-state index in [1.165, 1.54) is 0 Å². The highest BCUT2D eigenvalue weighted by Gasteiger charge is 2.27. The number of aliphatic hydroxyl groups excluding tert-OH is 1. The molecule has 1 aliphatic rings. The van der Waals surface area contributed by atoms with Gasteiger partial charge in [0, 0.05) is 0 Å². The first-order chi connectivity index (χ1) is 8.37. The Kier molecular flexibility index (Phi) is 5.87. The first kappa shape index (κ1) is 15.2. The molecule has 0 aliphatic heterocycles. The van der Waals surface area contributed by atoms with E-state index in [0.29, 0.717) is 18.9 Å². The quantitative estimate of drug-likeness (QED) is 0.691. The summed E-state index contributed by atoms with van der Waals surface area (Å²) in [5.74, 6) is -0.368. The van der Waals surface area contributed by atoms with Crippen molar-refractivity contribution in [1.29, 1.82) is 0 Å². The molecule has 1 amide bonds. The number of carbonyl (C=O) groups excluding carboxylic acids is 1. The Morgan fingerprint density at radius 2 is 2.06 bits per heavy atom. The molecule has 0 spiro atoms. The molecule has 2 unspecified atom stereocenters. The lowest BCUT2D eigenvalue weighted by atomic mass is 9.87. The van der Waals surface area contributed by atoms with Gasteiger partial charge in [-0.05, 0) is 31.7 Å². The van der Waals surface area contributed by atoms with Crippen LogP contribution in [-0.2, 0) is 4.79 Å². The lowest BCUT2D eigenvalue weighted by Crippen LogP contribution is -2.40. The number of amides is 1. The van der Waals surface area contributed by atoms with E-state index in [1.54, 1.807) is 5.32 Å². The van der Waals surface area contributed by atoms with Gasteiger partial charge in [-0.1, -0.05) is 6.42 Å². The predicted octanol–water partition coefficient (Wildman–Crippen LogP) is 0.806. The number of aliphatic hydroxyl groups is 1. The molecule has 0 aromatic carbocycles. The van der Waals surface area contributed by atoms with Gasteiger partial charge in [-0.25, -0.2) is 0 Å². The van der Waals surface area contributed by atoms with Crippen LogP contribution in [0.15, 0.2) is 0 Å². The average molecular weight is 268 g/mol. The van der Waals surface area contributed by atoms with Crippen LogP contribution >= 0.6 is 0 Å². The third-order valence-electron chi connectivity index (χ3n) is 2.96. The standard InChI is InChI=1S/C11H19F3N2O2/c12-11(13,14)7-16-10(18)6-15-5-8-2-1-3-9(17)4-8/h8-9,15,17H,1-7H2,(H,16,18). The number of hydrogen-bond acceptors (Lipinski definition) is 3. The number of hydrogen-bond donors (Lipinski definition) is 3. The van der Waals surface area contributed by atoms with Crippen molar-refractivity contribution in [2.75, 3.05) is 19.6 Å². The van der Waals surface area contributed by atoms with Crippen LogP contribution in [0.1, 0.15) is 25.7 Å². The van der Waals surface area contributed by atoms with E-state index in [4.69, 9.17) is 0 Å². The van der Waals surface area contributed by atoms with Crippen LogP contribution in [0.3, 0.4) is 0 Å². The summed E-state index contributed by atoms with van der Waals surface area (Å²) in [5.41, 5.74) is 0. The van der Waals surface area contributed by atoms with Gasteiger partial charge in [0.15, 0.2) is 0 Å². The molecule has 1 aliphatic carbocycles.